The number of imidazole rings is 3. The van der Waals surface area contributed by atoms with Gasteiger partial charge in [-0.25, -0.2) is 39.9 Å². The summed E-state index contributed by atoms with van der Waals surface area (Å²) < 4.78 is 17.8. The zero-order valence-corrected chi connectivity index (χ0v) is 80.9. The number of benzene rings is 2. The first-order chi connectivity index (χ1) is 68.4. The summed E-state index contributed by atoms with van der Waals surface area (Å²) in [6.45, 7) is 29.7. The van der Waals surface area contributed by atoms with Crippen molar-refractivity contribution in [1.82, 2.24) is 121 Å². The second-order valence-corrected chi connectivity index (χ2v) is 38.2. The van der Waals surface area contributed by atoms with Crippen molar-refractivity contribution in [1.29, 1.82) is 0 Å². The molecule has 33 nitrogen and oxygen atoms in total. The first kappa shape index (κ1) is 91.8. The van der Waals surface area contributed by atoms with Gasteiger partial charge in [-0.3, -0.25) is 55.3 Å². The molecule has 23 heterocycles. The van der Waals surface area contributed by atoms with Crippen molar-refractivity contribution in [2.75, 3.05) is 99.8 Å². The fraction of sp³-hybridized carbons (Fsp3) is 0.306. The normalized spacial score (nSPS) is 16.8. The zero-order chi connectivity index (χ0) is 97.0. The highest BCUT2D eigenvalue weighted by molar-refractivity contribution is 5.85. The van der Waals surface area contributed by atoms with Gasteiger partial charge < -0.3 is 54.1 Å². The van der Waals surface area contributed by atoms with Gasteiger partial charge in [0.2, 0.25) is 0 Å². The van der Waals surface area contributed by atoms with Crippen LogP contribution in [0.25, 0.3) is 123 Å². The Bertz CT molecular complexity index is 8270. The lowest BCUT2D eigenvalue weighted by Gasteiger charge is -2.37. The summed E-state index contributed by atoms with van der Waals surface area (Å²) in [5.74, 6) is 1.01. The van der Waals surface area contributed by atoms with Crippen molar-refractivity contribution < 1.29 is 0 Å². The molecule has 716 valence electrons. The standard InChI is InChI=1S/C24H27N5O.C22H24N6O.C21H22N6O.C21H21N5O.C20H20N6O/c1-16(2)27-10-8-18(9-11-27)19-4-7-23-26-21(12-24(30)29(23)15-19)20-5-6-22-25-17(3)13-28(22)14-20;1-14-11-27(12-15(2)24-14)18-5-7-21-25-19(9-22(29)28(21)13-18)16-4-6-20-17(8-16)10-23-26(20)3;1-14-12-26(8-7-22-14)17-4-6-20-24-18(10-21(28)27(20)13-17)15-3-5-19-16(9-15)11-23-25(19)2;1-14-12-25-9-6-16(10-20(25)23-14)18-11-21(27)26-13-17(2-3-19(26)24-18)15-4-7-22-8-5-15;1-14-12-25-7-4-15(10-19(25)22-14)17-11-20(27)26-13-16(2-3-18(26)23-17)24-8-5-21-6-9-24/h4-7,12-16,18H,8-11H2,1-3H3;4-10,13-15,24H,11-12H2,1-3H3;3-6,9-11,13-14,22H,7-8,12H2,1-2H3;2-3,6,9-13,15,22H,4-5,7-8H2,1H3;2-4,7,10-13,21H,5-6,8-9H2,1H3/t;14-,15+;14-;;/m..0../s1. The van der Waals surface area contributed by atoms with E-state index in [0.29, 0.717) is 92.7 Å². The summed E-state index contributed by atoms with van der Waals surface area (Å²) in [5, 5.41) is 24.3. The van der Waals surface area contributed by atoms with Gasteiger partial charge in [-0.05, 0) is 239 Å². The van der Waals surface area contributed by atoms with Crippen LogP contribution in [-0.4, -0.2) is 209 Å². The smallest absolute Gasteiger partial charge is 0.258 e. The second-order valence-electron chi connectivity index (χ2n) is 38.2. The summed E-state index contributed by atoms with van der Waals surface area (Å²) in [4.78, 5) is 111. The lowest BCUT2D eigenvalue weighted by molar-refractivity contribution is 0.172. The molecule has 33 heteroatoms. The predicted octanol–water partition coefficient (Wildman–Crippen LogP) is 12.9. The first-order valence-electron chi connectivity index (χ1n) is 48.7. The van der Waals surface area contributed by atoms with Gasteiger partial charge in [0.25, 0.3) is 27.8 Å². The number of hydrogen-bond acceptors (Lipinski definition) is 23. The number of fused-ring (bicyclic) bond motifs is 10. The summed E-state index contributed by atoms with van der Waals surface area (Å²) in [5.41, 5.74) is 24.1. The number of pyridine rings is 8. The summed E-state index contributed by atoms with van der Waals surface area (Å²) in [6, 6.07) is 53.8. The molecule has 18 aromatic heterocycles. The highest BCUT2D eigenvalue weighted by Crippen LogP contribution is 2.33. The maximum atomic E-state index is 12.9. The number of nitrogens with one attached hydrogen (secondary N) is 4. The van der Waals surface area contributed by atoms with Crippen LogP contribution in [0.15, 0.2) is 268 Å². The minimum atomic E-state index is -0.0774. The molecule has 0 saturated carbocycles. The molecule has 5 fully saturated rings. The monoisotopic (exact) mass is 1880 g/mol. The highest BCUT2D eigenvalue weighted by Gasteiger charge is 2.27. The zero-order valence-electron chi connectivity index (χ0n) is 80.9. The van der Waals surface area contributed by atoms with Crippen LogP contribution in [0, 0.1) is 20.8 Å². The van der Waals surface area contributed by atoms with Crippen LogP contribution in [-0.2, 0) is 14.1 Å². The van der Waals surface area contributed by atoms with Crippen molar-refractivity contribution >= 4 is 84.0 Å². The Kier molecular flexibility index (Phi) is 25.4. The van der Waals surface area contributed by atoms with Crippen LogP contribution < -0.4 is 63.8 Å². The van der Waals surface area contributed by atoms with E-state index in [1.807, 2.05) is 253 Å². The van der Waals surface area contributed by atoms with Gasteiger partial charge in [-0.2, -0.15) is 10.2 Å². The van der Waals surface area contributed by atoms with Crippen molar-refractivity contribution in [3.63, 3.8) is 0 Å². The first-order valence-corrected chi connectivity index (χ1v) is 48.7. The lowest BCUT2D eigenvalue weighted by atomic mass is 9.90. The molecule has 4 N–H and O–H groups in total. The number of aromatic nitrogens is 20. The van der Waals surface area contributed by atoms with E-state index in [2.05, 4.69) is 119 Å². The third-order valence-electron chi connectivity index (χ3n) is 27.7. The Hall–Kier alpha value is -15.6. The largest absolute Gasteiger partial charge is 0.368 e. The number of piperazine rings is 3. The van der Waals surface area contributed by atoms with E-state index in [-0.39, 0.29) is 27.8 Å². The van der Waals surface area contributed by atoms with Crippen molar-refractivity contribution in [3.05, 3.63) is 324 Å². The van der Waals surface area contributed by atoms with Crippen LogP contribution in [0.3, 0.4) is 0 Å². The van der Waals surface area contributed by atoms with Gasteiger partial charge >= 0.3 is 0 Å². The number of anilines is 3. The molecule has 3 atom stereocenters. The van der Waals surface area contributed by atoms with E-state index in [4.69, 9.17) is 24.9 Å². The molecular formula is C108H114N28O5. The van der Waals surface area contributed by atoms with Gasteiger partial charge in [-0.15, -0.1) is 0 Å². The molecule has 20 aromatic rings. The maximum Gasteiger partial charge on any atom is 0.258 e. The Morgan fingerprint density at radius 3 is 1.16 bits per heavy atom. The molecular weight excluding hydrogens is 1770 g/mol. The minimum Gasteiger partial charge on any atom is -0.368 e. The van der Waals surface area contributed by atoms with Gasteiger partial charge in [0.05, 0.1) is 86.0 Å². The highest BCUT2D eigenvalue weighted by atomic mass is 16.1. The molecule has 141 heavy (non-hydrogen) atoms. The van der Waals surface area contributed by atoms with E-state index >= 15 is 0 Å². The molecule has 5 aliphatic rings. The van der Waals surface area contributed by atoms with Crippen molar-refractivity contribution in [2.24, 2.45) is 14.1 Å². The fourth-order valence-corrected chi connectivity index (χ4v) is 20.3. The van der Waals surface area contributed by atoms with E-state index in [1.54, 1.807) is 52.3 Å². The predicted molar refractivity (Wildman–Crippen MR) is 556 cm³/mol. The molecule has 0 radical (unpaired) electrons. The number of hydrogen-bond donors (Lipinski definition) is 4. The molecule has 0 amide bonds. The Morgan fingerprint density at radius 1 is 0.326 bits per heavy atom. The number of piperidine rings is 2. The average molecular weight is 1880 g/mol. The van der Waals surface area contributed by atoms with E-state index < -0.39 is 0 Å². The third kappa shape index (κ3) is 19.6. The molecule has 0 unspecified atom stereocenters. The average Bonchev–Trinajstić information content (AvgIpc) is 1.79. The van der Waals surface area contributed by atoms with E-state index in [9.17, 15) is 24.0 Å². The van der Waals surface area contributed by atoms with E-state index in [1.165, 1.54) is 11.1 Å². The molecule has 25 rings (SSSR count). The van der Waals surface area contributed by atoms with Gasteiger partial charge in [0.15, 0.2) is 0 Å². The van der Waals surface area contributed by atoms with Crippen LogP contribution in [0.1, 0.15) is 100 Å². The molecule has 0 bridgehead atoms. The van der Waals surface area contributed by atoms with E-state index in [0.717, 1.165) is 211 Å². The van der Waals surface area contributed by atoms with Gasteiger partial charge in [-0.1, -0.05) is 24.3 Å². The molecule has 2 aromatic carbocycles. The molecule has 5 aliphatic heterocycles. The minimum absolute atomic E-state index is 0.0432. The van der Waals surface area contributed by atoms with Crippen LogP contribution >= 0.6 is 0 Å². The number of likely N-dealkylation sites (tertiary alicyclic amines) is 1. The lowest BCUT2D eigenvalue weighted by Crippen LogP contribution is -2.54. The van der Waals surface area contributed by atoms with Crippen LogP contribution in [0.5, 0.6) is 0 Å². The molecule has 0 spiro atoms. The maximum absolute atomic E-state index is 12.9. The van der Waals surface area contributed by atoms with Crippen molar-refractivity contribution in [2.45, 2.75) is 117 Å². The molecule has 5 saturated heterocycles. The number of aryl methyl sites for hydroxylation is 5. The van der Waals surface area contributed by atoms with Crippen molar-refractivity contribution in [3.8, 4) is 56.3 Å². The van der Waals surface area contributed by atoms with Gasteiger partial charge in [0, 0.05) is 234 Å². The van der Waals surface area contributed by atoms with Crippen LogP contribution in [0.4, 0.5) is 17.1 Å². The number of nitrogens with zero attached hydrogens (tertiary/aromatic N) is 24. The Morgan fingerprint density at radius 2 is 0.702 bits per heavy atom. The quantitative estimate of drug-likeness (QED) is 0.0934. The Balaban J connectivity index is 0.000000105. The van der Waals surface area contributed by atoms with Gasteiger partial charge in [0.1, 0.15) is 45.2 Å². The summed E-state index contributed by atoms with van der Waals surface area (Å²) in [6.07, 6.45) is 29.6. The summed E-state index contributed by atoms with van der Waals surface area (Å²) >= 11 is 0. The summed E-state index contributed by atoms with van der Waals surface area (Å²) in [7, 11) is 3.83. The topological polar surface area (TPSA) is 320 Å². The van der Waals surface area contributed by atoms with Crippen LogP contribution in [0.2, 0.25) is 0 Å². The second kappa shape index (κ2) is 39.0. The molecule has 0 aliphatic carbocycles. The third-order valence-corrected chi connectivity index (χ3v) is 27.7. The number of rotatable bonds is 11. The Labute approximate surface area is 811 Å². The SMILES string of the molecule is C[C@@H]1CN(c2ccc3nc(-c4ccc5c(cnn5C)c4)cc(=O)n3c2)C[C@H](C)N1.C[C@H]1CN(c2ccc3nc(-c4ccc5c(cnn5C)c4)cc(=O)n3c2)CCN1.Cc1cn2cc(-c3cc(=O)n4cc(C5CCN(C(C)C)CC5)ccc4n3)ccc2n1.Cc1cn2ccc(-c3cc(=O)n4cc(C5CCNCC5)ccc4n3)cc2n1.Cc1cn2ccc(-c3cc(=O)n4cc(N5CCNCC5)ccc4n3)cc2n1. The fourth-order valence-electron chi connectivity index (χ4n) is 20.3.